The predicted molar refractivity (Wildman–Crippen MR) is 108 cm³/mol. The van der Waals surface area contributed by atoms with Crippen LogP contribution in [0.2, 0.25) is 0 Å². The van der Waals surface area contributed by atoms with Crippen LogP contribution in [0.4, 0.5) is 0 Å². The number of hydrogen-bond donors (Lipinski definition) is 0. The monoisotopic (exact) mass is 334 g/mol. The lowest BCUT2D eigenvalue weighted by molar-refractivity contribution is 0.103. The second-order valence-electron chi connectivity index (χ2n) is 6.18. The lowest BCUT2D eigenvalue weighted by Crippen LogP contribution is -2.07. The first-order valence-corrected chi connectivity index (χ1v) is 8.67. The Balaban J connectivity index is 1.77. The van der Waals surface area contributed by atoms with Crippen LogP contribution in [-0.4, -0.2) is 5.78 Å². The second kappa shape index (κ2) is 7.20. The molecule has 0 saturated carbocycles. The molecule has 0 saturated heterocycles. The summed E-state index contributed by atoms with van der Waals surface area (Å²) in [6, 6.07) is 28.2. The first-order valence-electron chi connectivity index (χ1n) is 8.67. The molecule has 0 spiro atoms. The van der Waals surface area contributed by atoms with Crippen molar-refractivity contribution >= 4 is 17.4 Å². The smallest absolute Gasteiger partial charge is 0.193 e. The van der Waals surface area contributed by atoms with Crippen molar-refractivity contribution < 1.29 is 4.79 Å². The average molecular weight is 334 g/mol. The number of Topliss-reactive ketones (excluding diaryl/α,β-unsaturated/α-hetero) is 1. The van der Waals surface area contributed by atoms with Gasteiger partial charge in [-0.25, -0.2) is 0 Å². The van der Waals surface area contributed by atoms with Crippen molar-refractivity contribution in [2.45, 2.75) is 0 Å². The molecule has 1 nitrogen and oxygen atoms in total. The van der Waals surface area contributed by atoms with E-state index in [0.29, 0.717) is 5.57 Å². The van der Waals surface area contributed by atoms with E-state index < -0.39 is 0 Å². The van der Waals surface area contributed by atoms with Gasteiger partial charge in [0, 0.05) is 11.1 Å². The first-order chi connectivity index (χ1) is 12.8. The van der Waals surface area contributed by atoms with Crippen molar-refractivity contribution in [2.75, 3.05) is 0 Å². The van der Waals surface area contributed by atoms with Gasteiger partial charge in [0.2, 0.25) is 0 Å². The van der Waals surface area contributed by atoms with Gasteiger partial charge in [-0.3, -0.25) is 4.79 Å². The second-order valence-corrected chi connectivity index (χ2v) is 6.18. The summed E-state index contributed by atoms with van der Waals surface area (Å²) >= 11 is 0. The van der Waals surface area contributed by atoms with Gasteiger partial charge in [0.1, 0.15) is 0 Å². The zero-order chi connectivity index (χ0) is 17.8. The molecular formula is C25H18O. The van der Waals surface area contributed by atoms with Crippen LogP contribution in [0.15, 0.2) is 109 Å². The van der Waals surface area contributed by atoms with Crippen LogP contribution < -0.4 is 0 Å². The minimum absolute atomic E-state index is 0.0693. The fourth-order valence-corrected chi connectivity index (χ4v) is 3.16. The molecule has 4 rings (SSSR count). The van der Waals surface area contributed by atoms with E-state index in [1.165, 1.54) is 0 Å². The van der Waals surface area contributed by atoms with Gasteiger partial charge in [-0.1, -0.05) is 109 Å². The molecule has 0 atom stereocenters. The zero-order valence-corrected chi connectivity index (χ0v) is 14.3. The Hall–Kier alpha value is -3.45. The number of fused-ring (bicyclic) bond motifs is 1. The minimum atomic E-state index is 0.0693. The Morgan fingerprint density at radius 3 is 1.88 bits per heavy atom. The van der Waals surface area contributed by atoms with Gasteiger partial charge in [-0.05, 0) is 22.3 Å². The third-order valence-electron chi connectivity index (χ3n) is 4.51. The number of benzene rings is 3. The van der Waals surface area contributed by atoms with Gasteiger partial charge in [-0.2, -0.15) is 0 Å². The molecule has 1 aliphatic rings. The molecule has 3 aromatic carbocycles. The molecule has 0 heterocycles. The van der Waals surface area contributed by atoms with E-state index in [4.69, 9.17) is 0 Å². The molecule has 1 heteroatoms. The predicted octanol–water partition coefficient (Wildman–Crippen LogP) is 5.95. The molecule has 0 unspecified atom stereocenters. The van der Waals surface area contributed by atoms with E-state index >= 15 is 0 Å². The molecule has 124 valence electrons. The maximum absolute atomic E-state index is 12.8. The maximum atomic E-state index is 12.8. The maximum Gasteiger partial charge on any atom is 0.193 e. The standard InChI is InChI=1S/C25H18O/c26-25-22(16-15-21-13-7-8-14-24(21)25)17-18-23(19-9-3-1-4-10-19)20-11-5-2-6-12-20/h1-18H/b22-17-. The summed E-state index contributed by atoms with van der Waals surface area (Å²) in [7, 11) is 0. The Labute approximate surface area is 153 Å². The summed E-state index contributed by atoms with van der Waals surface area (Å²) in [6.07, 6.45) is 7.86. The fourth-order valence-electron chi connectivity index (χ4n) is 3.16. The molecule has 3 aromatic rings. The third-order valence-corrected chi connectivity index (χ3v) is 4.51. The Morgan fingerprint density at radius 1 is 0.654 bits per heavy atom. The number of hydrogen-bond acceptors (Lipinski definition) is 1. The SMILES string of the molecule is O=C1/C(=C\C=C(c2ccccc2)c2ccccc2)C=Cc2ccccc21. The van der Waals surface area contributed by atoms with E-state index in [2.05, 4.69) is 24.3 Å². The summed E-state index contributed by atoms with van der Waals surface area (Å²) in [6.45, 7) is 0. The summed E-state index contributed by atoms with van der Waals surface area (Å²) in [4.78, 5) is 12.8. The zero-order valence-electron chi connectivity index (χ0n) is 14.3. The lowest BCUT2D eigenvalue weighted by Gasteiger charge is -2.12. The fraction of sp³-hybridized carbons (Fsp3) is 0. The van der Waals surface area contributed by atoms with Crippen molar-refractivity contribution in [1.29, 1.82) is 0 Å². The summed E-state index contributed by atoms with van der Waals surface area (Å²) in [5, 5.41) is 0. The van der Waals surface area contributed by atoms with Gasteiger partial charge in [0.25, 0.3) is 0 Å². The minimum Gasteiger partial charge on any atom is -0.289 e. The van der Waals surface area contributed by atoms with Gasteiger partial charge in [-0.15, -0.1) is 0 Å². The van der Waals surface area contributed by atoms with Crippen LogP contribution >= 0.6 is 0 Å². The highest BCUT2D eigenvalue weighted by atomic mass is 16.1. The van der Waals surface area contributed by atoms with Crippen molar-refractivity contribution in [3.05, 3.63) is 131 Å². The summed E-state index contributed by atoms with van der Waals surface area (Å²) in [5.74, 6) is 0.0693. The topological polar surface area (TPSA) is 17.1 Å². The van der Waals surface area contributed by atoms with Crippen LogP contribution in [-0.2, 0) is 0 Å². The van der Waals surface area contributed by atoms with E-state index in [1.807, 2.05) is 85.0 Å². The summed E-state index contributed by atoms with van der Waals surface area (Å²) < 4.78 is 0. The molecule has 0 amide bonds. The molecule has 0 radical (unpaired) electrons. The number of ketones is 1. The number of allylic oxidation sites excluding steroid dienone is 4. The van der Waals surface area contributed by atoms with Crippen molar-refractivity contribution in [3.63, 3.8) is 0 Å². The first kappa shape index (κ1) is 16.0. The van der Waals surface area contributed by atoms with Crippen molar-refractivity contribution in [3.8, 4) is 0 Å². The number of carbonyl (C=O) groups excluding carboxylic acids is 1. The average Bonchev–Trinajstić information content (AvgIpc) is 2.71. The lowest BCUT2D eigenvalue weighted by atomic mass is 9.91. The third kappa shape index (κ3) is 3.20. The molecule has 26 heavy (non-hydrogen) atoms. The van der Waals surface area contributed by atoms with E-state index in [1.54, 1.807) is 0 Å². The van der Waals surface area contributed by atoms with Crippen LogP contribution in [0.25, 0.3) is 11.6 Å². The van der Waals surface area contributed by atoms with Gasteiger partial charge in [0.15, 0.2) is 5.78 Å². The van der Waals surface area contributed by atoms with Crippen molar-refractivity contribution in [2.24, 2.45) is 0 Å². The molecule has 0 aromatic heterocycles. The molecule has 0 bridgehead atoms. The largest absolute Gasteiger partial charge is 0.289 e. The van der Waals surface area contributed by atoms with E-state index in [-0.39, 0.29) is 5.78 Å². The molecule has 0 aliphatic heterocycles. The molecule has 0 fully saturated rings. The van der Waals surface area contributed by atoms with Crippen LogP contribution in [0.3, 0.4) is 0 Å². The quantitative estimate of drug-likeness (QED) is 0.541. The van der Waals surface area contributed by atoms with Crippen LogP contribution in [0.5, 0.6) is 0 Å². The molecular weight excluding hydrogens is 316 g/mol. The van der Waals surface area contributed by atoms with Crippen molar-refractivity contribution in [1.82, 2.24) is 0 Å². The Bertz CT molecular complexity index is 981. The highest BCUT2D eigenvalue weighted by Gasteiger charge is 2.16. The Kier molecular flexibility index (Phi) is 4.44. The number of carbonyl (C=O) groups is 1. The number of rotatable bonds is 3. The van der Waals surface area contributed by atoms with E-state index in [0.717, 1.165) is 27.8 Å². The van der Waals surface area contributed by atoms with Crippen LogP contribution in [0, 0.1) is 0 Å². The van der Waals surface area contributed by atoms with Gasteiger partial charge < -0.3 is 0 Å². The highest BCUT2D eigenvalue weighted by molar-refractivity contribution is 6.15. The highest BCUT2D eigenvalue weighted by Crippen LogP contribution is 2.26. The van der Waals surface area contributed by atoms with Crippen LogP contribution in [0.1, 0.15) is 27.0 Å². The van der Waals surface area contributed by atoms with E-state index in [9.17, 15) is 4.79 Å². The van der Waals surface area contributed by atoms with Gasteiger partial charge in [0.05, 0.1) is 0 Å². The normalized spacial score (nSPS) is 14.2. The van der Waals surface area contributed by atoms with Gasteiger partial charge >= 0.3 is 0 Å². The Morgan fingerprint density at radius 2 is 1.23 bits per heavy atom. The molecule has 1 aliphatic carbocycles. The molecule has 0 N–H and O–H groups in total. The summed E-state index contributed by atoms with van der Waals surface area (Å²) in [5.41, 5.74) is 5.79.